The lowest BCUT2D eigenvalue weighted by atomic mass is 9.78. The number of nitrogens with one attached hydrogen (secondary N) is 1. The summed E-state index contributed by atoms with van der Waals surface area (Å²) in [6.45, 7) is 0. The second-order valence-electron chi connectivity index (χ2n) is 5.31. The van der Waals surface area contributed by atoms with Crippen LogP contribution in [-0.2, 0) is 14.4 Å². The molecule has 1 atom stereocenters. The number of Topliss-reactive ketones (excluding diaryl/α,β-unsaturated/α-hetero) is 1. The summed E-state index contributed by atoms with van der Waals surface area (Å²) in [4.78, 5) is 33.9. The fourth-order valence-electron chi connectivity index (χ4n) is 2.74. The lowest BCUT2D eigenvalue weighted by Crippen LogP contribution is -2.39. The van der Waals surface area contributed by atoms with Crippen molar-refractivity contribution < 1.29 is 14.4 Å². The van der Waals surface area contributed by atoms with Crippen LogP contribution in [0.5, 0.6) is 0 Å². The largest absolute Gasteiger partial charge is 0.300 e. The van der Waals surface area contributed by atoms with Crippen molar-refractivity contribution in [3.8, 4) is 0 Å². The molecule has 1 aliphatic heterocycles. The molecule has 2 amide bonds. The Morgan fingerprint density at radius 2 is 1.58 bits per heavy atom. The third kappa shape index (κ3) is 2.30. The summed E-state index contributed by atoms with van der Waals surface area (Å²) in [5.74, 6) is 0.0472. The van der Waals surface area contributed by atoms with Crippen LogP contribution in [0.25, 0.3) is 0 Å². The van der Waals surface area contributed by atoms with Crippen molar-refractivity contribution in [2.24, 2.45) is 0 Å². The zero-order valence-electron chi connectivity index (χ0n) is 10.5. The minimum Gasteiger partial charge on any atom is -0.300 e. The third-order valence-electron chi connectivity index (χ3n) is 4.00. The number of ketones is 1. The van der Waals surface area contributed by atoms with Gasteiger partial charge in [-0.3, -0.25) is 19.7 Å². The van der Waals surface area contributed by atoms with Crippen LogP contribution in [0.1, 0.15) is 48.6 Å². The van der Waals surface area contributed by atoms with Gasteiger partial charge in [-0.25, -0.2) is 0 Å². The van der Waals surface area contributed by atoms with E-state index in [0.717, 1.165) is 11.1 Å². The predicted molar refractivity (Wildman–Crippen MR) is 68.5 cm³/mol. The van der Waals surface area contributed by atoms with Crippen molar-refractivity contribution in [1.82, 2.24) is 5.32 Å². The van der Waals surface area contributed by atoms with E-state index in [1.165, 1.54) is 0 Å². The Labute approximate surface area is 111 Å². The van der Waals surface area contributed by atoms with Crippen LogP contribution in [-0.4, -0.2) is 17.6 Å². The number of carbonyl (C=O) groups is 3. The molecule has 1 aromatic carbocycles. The smallest absolute Gasteiger partial charge is 0.234 e. The van der Waals surface area contributed by atoms with Gasteiger partial charge in [0.2, 0.25) is 11.8 Å². The summed E-state index contributed by atoms with van der Waals surface area (Å²) in [6, 6.07) is 7.88. The molecular formula is C15H15NO3. The monoisotopic (exact) mass is 257 g/mol. The molecule has 1 heterocycles. The van der Waals surface area contributed by atoms with E-state index in [2.05, 4.69) is 5.32 Å². The molecule has 1 aromatic rings. The van der Waals surface area contributed by atoms with Gasteiger partial charge in [-0.1, -0.05) is 24.3 Å². The molecular weight excluding hydrogens is 242 g/mol. The lowest BCUT2D eigenvalue weighted by molar-refractivity contribution is -0.134. The Kier molecular flexibility index (Phi) is 2.93. The van der Waals surface area contributed by atoms with E-state index in [1.54, 1.807) is 0 Å². The molecule has 1 saturated carbocycles. The van der Waals surface area contributed by atoms with Gasteiger partial charge in [-0.05, 0) is 23.5 Å². The van der Waals surface area contributed by atoms with Crippen LogP contribution in [0.4, 0.5) is 0 Å². The van der Waals surface area contributed by atoms with Gasteiger partial charge in [-0.15, -0.1) is 0 Å². The molecule has 2 fully saturated rings. The lowest BCUT2D eigenvalue weighted by Gasteiger charge is -2.25. The quantitative estimate of drug-likeness (QED) is 0.819. The average Bonchev–Trinajstić information content (AvgIpc) is 2.36. The van der Waals surface area contributed by atoms with E-state index in [0.29, 0.717) is 37.4 Å². The highest BCUT2D eigenvalue weighted by atomic mass is 16.2. The first-order valence-corrected chi connectivity index (χ1v) is 6.59. The summed E-state index contributed by atoms with van der Waals surface area (Å²) in [5, 5.41) is 2.37. The van der Waals surface area contributed by atoms with Crippen molar-refractivity contribution in [3.63, 3.8) is 0 Å². The van der Waals surface area contributed by atoms with Gasteiger partial charge in [0.05, 0.1) is 5.92 Å². The number of benzene rings is 1. The third-order valence-corrected chi connectivity index (χ3v) is 4.00. The van der Waals surface area contributed by atoms with Gasteiger partial charge >= 0.3 is 0 Å². The number of amides is 2. The molecule has 19 heavy (non-hydrogen) atoms. The molecule has 98 valence electrons. The Bertz CT molecular complexity index is 539. The molecule has 0 unspecified atom stereocenters. The zero-order chi connectivity index (χ0) is 13.4. The average molecular weight is 257 g/mol. The van der Waals surface area contributed by atoms with Crippen molar-refractivity contribution >= 4 is 17.6 Å². The highest BCUT2D eigenvalue weighted by molar-refractivity contribution is 6.00. The van der Waals surface area contributed by atoms with E-state index >= 15 is 0 Å². The van der Waals surface area contributed by atoms with Crippen LogP contribution in [0.15, 0.2) is 24.3 Å². The summed E-state index contributed by atoms with van der Waals surface area (Å²) >= 11 is 0. The maximum atomic E-state index is 11.8. The number of hydrogen-bond acceptors (Lipinski definition) is 3. The number of carbonyl (C=O) groups excluding carboxylic acids is 3. The predicted octanol–water partition coefficient (Wildman–Crippen LogP) is 1.65. The normalized spacial score (nSPS) is 24.0. The van der Waals surface area contributed by atoms with Gasteiger partial charge < -0.3 is 0 Å². The van der Waals surface area contributed by atoms with Crippen molar-refractivity contribution in [1.29, 1.82) is 0 Å². The van der Waals surface area contributed by atoms with Gasteiger partial charge in [0.25, 0.3) is 0 Å². The number of hydrogen-bond donors (Lipinski definition) is 1. The fraction of sp³-hybridized carbons (Fsp3) is 0.400. The molecule has 3 rings (SSSR count). The van der Waals surface area contributed by atoms with Crippen LogP contribution < -0.4 is 5.32 Å². The molecule has 4 nitrogen and oxygen atoms in total. The Hall–Kier alpha value is -1.97. The highest BCUT2D eigenvalue weighted by Crippen LogP contribution is 2.34. The molecule has 1 saturated heterocycles. The summed E-state index contributed by atoms with van der Waals surface area (Å²) in [5.41, 5.74) is 2.11. The maximum Gasteiger partial charge on any atom is 0.234 e. The molecule has 1 aliphatic carbocycles. The highest BCUT2D eigenvalue weighted by Gasteiger charge is 2.30. The van der Waals surface area contributed by atoms with E-state index < -0.39 is 0 Å². The summed E-state index contributed by atoms with van der Waals surface area (Å²) < 4.78 is 0. The topological polar surface area (TPSA) is 63.2 Å². The maximum absolute atomic E-state index is 11.8. The van der Waals surface area contributed by atoms with E-state index in [-0.39, 0.29) is 17.7 Å². The fourth-order valence-corrected chi connectivity index (χ4v) is 2.74. The summed E-state index contributed by atoms with van der Waals surface area (Å²) in [7, 11) is 0. The molecule has 0 bridgehead atoms. The second kappa shape index (κ2) is 4.61. The zero-order valence-corrected chi connectivity index (χ0v) is 10.5. The Morgan fingerprint density at radius 1 is 0.947 bits per heavy atom. The number of rotatable bonds is 2. The molecule has 2 aliphatic rings. The first kappa shape index (κ1) is 12.1. The van der Waals surface area contributed by atoms with Crippen molar-refractivity contribution in [3.05, 3.63) is 35.4 Å². The van der Waals surface area contributed by atoms with E-state index in [4.69, 9.17) is 0 Å². The molecule has 0 spiro atoms. The standard InChI is InChI=1S/C15H15NO3/c17-12-7-11(8-12)9-1-3-10(4-2-9)13-5-6-14(18)16-15(13)19/h1-4,11,13H,5-8H2,(H,16,18,19)/t13-/m0/s1. The van der Waals surface area contributed by atoms with Crippen LogP contribution in [0, 0.1) is 0 Å². The van der Waals surface area contributed by atoms with Gasteiger partial charge in [0.1, 0.15) is 5.78 Å². The van der Waals surface area contributed by atoms with Gasteiger partial charge in [0, 0.05) is 19.3 Å². The van der Waals surface area contributed by atoms with Crippen LogP contribution in [0.2, 0.25) is 0 Å². The van der Waals surface area contributed by atoms with Gasteiger partial charge in [-0.2, -0.15) is 0 Å². The van der Waals surface area contributed by atoms with E-state index in [9.17, 15) is 14.4 Å². The minimum absolute atomic E-state index is 0.189. The van der Waals surface area contributed by atoms with Crippen LogP contribution in [0.3, 0.4) is 0 Å². The molecule has 4 heteroatoms. The molecule has 0 radical (unpaired) electrons. The number of piperidine rings is 1. The van der Waals surface area contributed by atoms with Crippen molar-refractivity contribution in [2.75, 3.05) is 0 Å². The first-order chi connectivity index (χ1) is 9.13. The Morgan fingerprint density at radius 3 is 2.16 bits per heavy atom. The van der Waals surface area contributed by atoms with E-state index in [1.807, 2.05) is 24.3 Å². The molecule has 1 N–H and O–H groups in total. The molecule has 0 aromatic heterocycles. The SMILES string of the molecule is O=C1CC(c2ccc([C@@H]3CCC(=O)NC3=O)cc2)C1. The number of imide groups is 1. The second-order valence-corrected chi connectivity index (χ2v) is 5.31. The van der Waals surface area contributed by atoms with Crippen molar-refractivity contribution in [2.45, 2.75) is 37.5 Å². The Balaban J connectivity index is 1.73. The van der Waals surface area contributed by atoms with Crippen LogP contribution >= 0.6 is 0 Å². The minimum atomic E-state index is -0.227. The summed E-state index contributed by atoms with van der Waals surface area (Å²) in [6.07, 6.45) is 2.25. The first-order valence-electron chi connectivity index (χ1n) is 6.59. The van der Waals surface area contributed by atoms with Gasteiger partial charge in [0.15, 0.2) is 0 Å².